The third-order valence-electron chi connectivity index (χ3n) is 2.46. The summed E-state index contributed by atoms with van der Waals surface area (Å²) in [6.45, 7) is 4.02. The molecule has 0 aliphatic heterocycles. The number of halogens is 2. The summed E-state index contributed by atoms with van der Waals surface area (Å²) in [6.07, 6.45) is 1.65. The van der Waals surface area contributed by atoms with E-state index in [2.05, 4.69) is 15.4 Å². The normalized spacial score (nSPS) is 10.8. The Kier molecular flexibility index (Phi) is 4.28. The molecule has 0 bridgehead atoms. The van der Waals surface area contributed by atoms with E-state index < -0.39 is 0 Å². The maximum atomic E-state index is 12.9. The van der Waals surface area contributed by atoms with Crippen molar-refractivity contribution in [1.82, 2.24) is 20.1 Å². The van der Waals surface area contributed by atoms with E-state index in [1.54, 1.807) is 17.1 Å². The highest BCUT2D eigenvalue weighted by Crippen LogP contribution is 2.17. The van der Waals surface area contributed by atoms with Crippen LogP contribution in [0.2, 0.25) is 5.02 Å². The minimum absolute atomic E-state index is 0.338. The summed E-state index contributed by atoms with van der Waals surface area (Å²) in [5.41, 5.74) is 0.818. The zero-order valence-electron chi connectivity index (χ0n) is 10.0. The number of nitrogens with one attached hydrogen (secondary N) is 1. The molecule has 1 aromatic carbocycles. The Morgan fingerprint density at radius 1 is 1.44 bits per heavy atom. The standard InChI is InChI=1S/C12H14ClFN4/c1-2-15-6-12-16-8-18(17-12)7-9-3-4-10(14)5-11(9)13/h3-5,8,15H,2,6-7H2,1H3. The molecule has 2 rings (SSSR count). The van der Waals surface area contributed by atoms with Crippen LogP contribution in [0.15, 0.2) is 24.5 Å². The van der Waals surface area contributed by atoms with Crippen molar-refractivity contribution < 1.29 is 4.39 Å². The van der Waals surface area contributed by atoms with Gasteiger partial charge in [0.05, 0.1) is 13.1 Å². The van der Waals surface area contributed by atoms with Crippen LogP contribution in [0.4, 0.5) is 4.39 Å². The largest absolute Gasteiger partial charge is 0.310 e. The predicted molar refractivity (Wildman–Crippen MR) is 67.9 cm³/mol. The summed E-state index contributed by atoms with van der Waals surface area (Å²) < 4.78 is 14.6. The van der Waals surface area contributed by atoms with Gasteiger partial charge in [-0.1, -0.05) is 24.6 Å². The first-order chi connectivity index (χ1) is 8.69. The number of rotatable bonds is 5. The number of benzene rings is 1. The number of hydrogen-bond donors (Lipinski definition) is 1. The molecule has 96 valence electrons. The first-order valence-corrected chi connectivity index (χ1v) is 6.10. The zero-order chi connectivity index (χ0) is 13.0. The molecule has 0 aliphatic rings. The summed E-state index contributed by atoms with van der Waals surface area (Å²) >= 11 is 5.96. The fourth-order valence-electron chi connectivity index (χ4n) is 1.55. The number of hydrogen-bond acceptors (Lipinski definition) is 3. The second kappa shape index (κ2) is 5.93. The van der Waals surface area contributed by atoms with Crippen molar-refractivity contribution in [3.05, 3.63) is 46.8 Å². The highest BCUT2D eigenvalue weighted by Gasteiger charge is 2.05. The Morgan fingerprint density at radius 2 is 2.28 bits per heavy atom. The quantitative estimate of drug-likeness (QED) is 0.904. The van der Waals surface area contributed by atoms with Gasteiger partial charge >= 0.3 is 0 Å². The minimum atomic E-state index is -0.338. The first-order valence-electron chi connectivity index (χ1n) is 5.72. The van der Waals surface area contributed by atoms with Gasteiger partial charge in [0, 0.05) is 5.02 Å². The Balaban J connectivity index is 2.06. The molecule has 0 radical (unpaired) electrons. The molecular weight excluding hydrogens is 255 g/mol. The average Bonchev–Trinajstić information content (AvgIpc) is 2.78. The molecule has 4 nitrogen and oxygen atoms in total. The number of aromatic nitrogens is 3. The van der Waals surface area contributed by atoms with Crippen molar-refractivity contribution in [2.75, 3.05) is 6.54 Å². The van der Waals surface area contributed by atoms with Crippen LogP contribution in [0.25, 0.3) is 0 Å². The molecule has 0 atom stereocenters. The molecule has 2 aromatic rings. The van der Waals surface area contributed by atoms with Gasteiger partial charge < -0.3 is 5.32 Å². The van der Waals surface area contributed by atoms with Gasteiger partial charge in [0.15, 0.2) is 5.82 Å². The molecular formula is C12H14ClFN4. The van der Waals surface area contributed by atoms with Gasteiger partial charge in [-0.25, -0.2) is 14.1 Å². The molecule has 0 aliphatic carbocycles. The molecule has 0 amide bonds. The van der Waals surface area contributed by atoms with Crippen LogP contribution in [-0.4, -0.2) is 21.3 Å². The van der Waals surface area contributed by atoms with Crippen molar-refractivity contribution in [3.8, 4) is 0 Å². The SMILES string of the molecule is CCNCc1ncn(Cc2ccc(F)cc2Cl)n1. The van der Waals surface area contributed by atoms with Crippen molar-refractivity contribution >= 4 is 11.6 Å². The van der Waals surface area contributed by atoms with E-state index >= 15 is 0 Å². The third kappa shape index (κ3) is 3.27. The molecule has 0 saturated carbocycles. The van der Waals surface area contributed by atoms with Gasteiger partial charge in [-0.05, 0) is 24.2 Å². The van der Waals surface area contributed by atoms with E-state index in [-0.39, 0.29) is 5.82 Å². The second-order valence-corrected chi connectivity index (χ2v) is 4.28. The van der Waals surface area contributed by atoms with Crippen LogP contribution in [0, 0.1) is 5.82 Å². The fourth-order valence-corrected chi connectivity index (χ4v) is 1.78. The van der Waals surface area contributed by atoms with Crippen LogP contribution in [-0.2, 0) is 13.1 Å². The predicted octanol–water partition coefficient (Wildman–Crippen LogP) is 2.23. The van der Waals surface area contributed by atoms with Crippen LogP contribution in [0.1, 0.15) is 18.3 Å². The molecule has 0 saturated heterocycles. The van der Waals surface area contributed by atoms with E-state index in [1.807, 2.05) is 6.92 Å². The van der Waals surface area contributed by atoms with Crippen molar-refractivity contribution in [2.45, 2.75) is 20.0 Å². The van der Waals surface area contributed by atoms with Gasteiger partial charge in [0.25, 0.3) is 0 Å². The summed E-state index contributed by atoms with van der Waals surface area (Å²) in [5.74, 6) is 0.394. The van der Waals surface area contributed by atoms with Crippen molar-refractivity contribution in [2.24, 2.45) is 0 Å². The monoisotopic (exact) mass is 268 g/mol. The van der Waals surface area contributed by atoms with Gasteiger partial charge in [-0.3, -0.25) is 0 Å². The first kappa shape index (κ1) is 13.0. The van der Waals surface area contributed by atoms with E-state index in [4.69, 9.17) is 11.6 Å². The lowest BCUT2D eigenvalue weighted by Gasteiger charge is -2.03. The lowest BCUT2D eigenvalue weighted by atomic mass is 10.2. The maximum Gasteiger partial charge on any atom is 0.164 e. The summed E-state index contributed by atoms with van der Waals surface area (Å²) in [4.78, 5) is 4.17. The molecule has 0 fully saturated rings. The van der Waals surface area contributed by atoms with Gasteiger partial charge in [0.1, 0.15) is 12.1 Å². The van der Waals surface area contributed by atoms with Crippen molar-refractivity contribution in [3.63, 3.8) is 0 Å². The minimum Gasteiger partial charge on any atom is -0.310 e. The van der Waals surface area contributed by atoms with Crippen LogP contribution in [0.3, 0.4) is 0 Å². The smallest absolute Gasteiger partial charge is 0.164 e. The Hall–Kier alpha value is -1.46. The van der Waals surface area contributed by atoms with Gasteiger partial charge in [-0.15, -0.1) is 0 Å². The number of nitrogens with zero attached hydrogens (tertiary/aromatic N) is 3. The Labute approximate surface area is 110 Å². The molecule has 18 heavy (non-hydrogen) atoms. The second-order valence-electron chi connectivity index (χ2n) is 3.87. The third-order valence-corrected chi connectivity index (χ3v) is 2.82. The van der Waals surface area contributed by atoms with Gasteiger partial charge in [0.2, 0.25) is 0 Å². The van der Waals surface area contributed by atoms with Crippen LogP contribution >= 0.6 is 11.6 Å². The lowest BCUT2D eigenvalue weighted by Crippen LogP contribution is -2.13. The molecule has 0 spiro atoms. The van der Waals surface area contributed by atoms with Gasteiger partial charge in [-0.2, -0.15) is 5.10 Å². The average molecular weight is 269 g/mol. The Morgan fingerprint density at radius 3 is 3.00 bits per heavy atom. The van der Waals surface area contributed by atoms with Crippen molar-refractivity contribution in [1.29, 1.82) is 0 Å². The summed E-state index contributed by atoms with van der Waals surface area (Å²) in [7, 11) is 0. The fraction of sp³-hybridized carbons (Fsp3) is 0.333. The molecule has 1 heterocycles. The summed E-state index contributed by atoms with van der Waals surface area (Å²) in [6, 6.07) is 4.34. The molecule has 1 N–H and O–H groups in total. The molecule has 0 unspecified atom stereocenters. The van der Waals surface area contributed by atoms with E-state index in [0.717, 1.165) is 17.9 Å². The topological polar surface area (TPSA) is 42.7 Å². The maximum absolute atomic E-state index is 12.9. The zero-order valence-corrected chi connectivity index (χ0v) is 10.8. The van der Waals surface area contributed by atoms with E-state index in [0.29, 0.717) is 18.1 Å². The van der Waals surface area contributed by atoms with Crippen LogP contribution in [0.5, 0.6) is 0 Å². The highest BCUT2D eigenvalue weighted by molar-refractivity contribution is 6.31. The lowest BCUT2D eigenvalue weighted by molar-refractivity contribution is 0.622. The highest BCUT2D eigenvalue weighted by atomic mass is 35.5. The van der Waals surface area contributed by atoms with E-state index in [9.17, 15) is 4.39 Å². The Bertz CT molecular complexity index is 527. The molecule has 1 aromatic heterocycles. The summed E-state index contributed by atoms with van der Waals surface area (Å²) in [5, 5.41) is 7.85. The van der Waals surface area contributed by atoms with E-state index in [1.165, 1.54) is 12.1 Å². The molecule has 6 heteroatoms. The van der Waals surface area contributed by atoms with Crippen LogP contribution < -0.4 is 5.32 Å².